The fraction of sp³-hybridized carbons (Fsp3) is 0.286. The largest absolute Gasteiger partial charge is 0.497 e. The van der Waals surface area contributed by atoms with E-state index in [1.165, 1.54) is 0 Å². The van der Waals surface area contributed by atoms with Gasteiger partial charge in [-0.15, -0.1) is 0 Å². The second-order valence-corrected chi connectivity index (χ2v) is 3.88. The quantitative estimate of drug-likeness (QED) is 0.810. The average Bonchev–Trinajstić information content (AvgIpc) is 2.39. The van der Waals surface area contributed by atoms with Crippen molar-refractivity contribution >= 4 is 0 Å². The van der Waals surface area contributed by atoms with E-state index in [0.717, 1.165) is 34.8 Å². The first-order valence-electron chi connectivity index (χ1n) is 5.71. The van der Waals surface area contributed by atoms with E-state index in [2.05, 4.69) is 16.9 Å². The molecule has 0 unspecified atom stereocenters. The zero-order valence-corrected chi connectivity index (χ0v) is 10.4. The van der Waals surface area contributed by atoms with E-state index in [1.54, 1.807) is 7.11 Å². The summed E-state index contributed by atoms with van der Waals surface area (Å²) < 4.78 is 5.14. The lowest BCUT2D eigenvalue weighted by Crippen LogP contribution is -1.96. The first-order valence-corrected chi connectivity index (χ1v) is 5.71. The van der Waals surface area contributed by atoms with Gasteiger partial charge in [0.05, 0.1) is 24.2 Å². The van der Waals surface area contributed by atoms with E-state index >= 15 is 0 Å². The van der Waals surface area contributed by atoms with Crippen LogP contribution in [-0.4, -0.2) is 17.1 Å². The van der Waals surface area contributed by atoms with Gasteiger partial charge in [0, 0.05) is 11.8 Å². The zero-order valence-electron chi connectivity index (χ0n) is 10.4. The van der Waals surface area contributed by atoms with Gasteiger partial charge in [0.25, 0.3) is 0 Å². The standard InChI is InChI=1S/C14H16N2O/c1-4-12-9-15-10(2)14(16-12)11-5-7-13(17-3)8-6-11/h5-9H,4H2,1-3H3. The van der Waals surface area contributed by atoms with Crippen molar-refractivity contribution in [3.05, 3.63) is 41.9 Å². The molecule has 0 fully saturated rings. The summed E-state index contributed by atoms with van der Waals surface area (Å²) in [4.78, 5) is 8.99. The Morgan fingerprint density at radius 2 is 1.88 bits per heavy atom. The molecule has 2 aromatic rings. The van der Waals surface area contributed by atoms with E-state index in [1.807, 2.05) is 37.4 Å². The van der Waals surface area contributed by atoms with Gasteiger partial charge in [-0.3, -0.25) is 4.98 Å². The Morgan fingerprint density at radius 1 is 1.18 bits per heavy atom. The van der Waals surface area contributed by atoms with Gasteiger partial charge in [-0.1, -0.05) is 6.92 Å². The molecule has 2 rings (SSSR count). The minimum absolute atomic E-state index is 0.853. The summed E-state index contributed by atoms with van der Waals surface area (Å²) in [6, 6.07) is 7.90. The van der Waals surface area contributed by atoms with Gasteiger partial charge in [0.15, 0.2) is 0 Å². The van der Waals surface area contributed by atoms with E-state index in [9.17, 15) is 0 Å². The van der Waals surface area contributed by atoms with Gasteiger partial charge >= 0.3 is 0 Å². The maximum absolute atomic E-state index is 5.14. The highest BCUT2D eigenvalue weighted by Gasteiger charge is 2.06. The summed E-state index contributed by atoms with van der Waals surface area (Å²) in [6.07, 6.45) is 2.73. The molecule has 0 amide bonds. The molecule has 0 aliphatic rings. The van der Waals surface area contributed by atoms with E-state index in [4.69, 9.17) is 4.74 Å². The normalized spacial score (nSPS) is 10.3. The van der Waals surface area contributed by atoms with Gasteiger partial charge in [0.1, 0.15) is 5.75 Å². The third-order valence-electron chi connectivity index (χ3n) is 2.73. The lowest BCUT2D eigenvalue weighted by Gasteiger charge is -2.07. The summed E-state index contributed by atoms with van der Waals surface area (Å²) >= 11 is 0. The highest BCUT2D eigenvalue weighted by molar-refractivity contribution is 5.62. The molecule has 0 atom stereocenters. The third kappa shape index (κ3) is 2.44. The summed E-state index contributed by atoms with van der Waals surface area (Å²) in [5.41, 5.74) is 3.99. The molecule has 0 N–H and O–H groups in total. The molecule has 0 aliphatic heterocycles. The number of aryl methyl sites for hydroxylation is 2. The lowest BCUT2D eigenvalue weighted by atomic mass is 10.1. The van der Waals surface area contributed by atoms with Crippen molar-refractivity contribution in [3.63, 3.8) is 0 Å². The summed E-state index contributed by atoms with van der Waals surface area (Å²) in [6.45, 7) is 4.06. The van der Waals surface area contributed by atoms with Crippen LogP contribution in [0.2, 0.25) is 0 Å². The number of nitrogens with zero attached hydrogens (tertiary/aromatic N) is 2. The maximum Gasteiger partial charge on any atom is 0.118 e. The molecular formula is C14H16N2O. The smallest absolute Gasteiger partial charge is 0.118 e. The SMILES string of the molecule is CCc1cnc(C)c(-c2ccc(OC)cc2)n1. The average molecular weight is 228 g/mol. The van der Waals surface area contributed by atoms with Crippen molar-refractivity contribution in [1.29, 1.82) is 0 Å². The molecule has 0 saturated heterocycles. The van der Waals surface area contributed by atoms with Crippen molar-refractivity contribution in [2.24, 2.45) is 0 Å². The highest BCUT2D eigenvalue weighted by atomic mass is 16.5. The molecule has 17 heavy (non-hydrogen) atoms. The van der Waals surface area contributed by atoms with Crippen LogP contribution in [0.15, 0.2) is 30.5 Å². The number of ether oxygens (including phenoxy) is 1. The minimum atomic E-state index is 0.853. The van der Waals surface area contributed by atoms with Crippen molar-refractivity contribution in [2.45, 2.75) is 20.3 Å². The van der Waals surface area contributed by atoms with Crippen molar-refractivity contribution in [3.8, 4) is 17.0 Å². The van der Waals surface area contributed by atoms with Crippen LogP contribution in [0, 0.1) is 6.92 Å². The molecule has 3 nitrogen and oxygen atoms in total. The Labute approximate surface area is 102 Å². The third-order valence-corrected chi connectivity index (χ3v) is 2.73. The predicted octanol–water partition coefficient (Wildman–Crippen LogP) is 3.02. The number of benzene rings is 1. The molecule has 0 bridgehead atoms. The van der Waals surface area contributed by atoms with Crippen LogP contribution < -0.4 is 4.74 Å². The van der Waals surface area contributed by atoms with E-state index < -0.39 is 0 Å². The maximum atomic E-state index is 5.14. The van der Waals surface area contributed by atoms with Crippen LogP contribution in [-0.2, 0) is 6.42 Å². The molecule has 0 aliphatic carbocycles. The van der Waals surface area contributed by atoms with Crippen LogP contribution >= 0.6 is 0 Å². The first-order chi connectivity index (χ1) is 8.24. The molecule has 0 radical (unpaired) electrons. The first kappa shape index (κ1) is 11.6. The predicted molar refractivity (Wildman–Crippen MR) is 68.1 cm³/mol. The lowest BCUT2D eigenvalue weighted by molar-refractivity contribution is 0.415. The fourth-order valence-electron chi connectivity index (χ4n) is 1.68. The van der Waals surface area contributed by atoms with Crippen molar-refractivity contribution < 1.29 is 4.74 Å². The Bertz CT molecular complexity index is 506. The summed E-state index contributed by atoms with van der Waals surface area (Å²) in [5, 5.41) is 0. The fourth-order valence-corrected chi connectivity index (χ4v) is 1.68. The van der Waals surface area contributed by atoms with Gasteiger partial charge in [-0.2, -0.15) is 0 Å². The summed E-state index contributed by atoms with van der Waals surface area (Å²) in [5.74, 6) is 0.853. The van der Waals surface area contributed by atoms with Crippen LogP contribution in [0.3, 0.4) is 0 Å². The Hall–Kier alpha value is -1.90. The van der Waals surface area contributed by atoms with Gasteiger partial charge in [0.2, 0.25) is 0 Å². The monoisotopic (exact) mass is 228 g/mol. The number of rotatable bonds is 3. The van der Waals surface area contributed by atoms with Crippen molar-refractivity contribution in [1.82, 2.24) is 9.97 Å². The van der Waals surface area contributed by atoms with E-state index in [-0.39, 0.29) is 0 Å². The second-order valence-electron chi connectivity index (χ2n) is 3.88. The molecule has 3 heteroatoms. The Balaban J connectivity index is 2.43. The summed E-state index contributed by atoms with van der Waals surface area (Å²) in [7, 11) is 1.66. The molecule has 1 aromatic heterocycles. The molecule has 0 saturated carbocycles. The van der Waals surface area contributed by atoms with Gasteiger partial charge < -0.3 is 4.74 Å². The Morgan fingerprint density at radius 3 is 2.47 bits per heavy atom. The molecule has 1 heterocycles. The van der Waals surface area contributed by atoms with Crippen LogP contribution in [0.25, 0.3) is 11.3 Å². The van der Waals surface area contributed by atoms with Crippen LogP contribution in [0.4, 0.5) is 0 Å². The second kappa shape index (κ2) is 4.95. The molecular weight excluding hydrogens is 212 g/mol. The number of methoxy groups -OCH3 is 1. The zero-order chi connectivity index (χ0) is 12.3. The highest BCUT2D eigenvalue weighted by Crippen LogP contribution is 2.22. The molecule has 1 aromatic carbocycles. The van der Waals surface area contributed by atoms with Crippen molar-refractivity contribution in [2.75, 3.05) is 7.11 Å². The topological polar surface area (TPSA) is 35.0 Å². The number of aromatic nitrogens is 2. The van der Waals surface area contributed by atoms with Gasteiger partial charge in [-0.25, -0.2) is 4.98 Å². The van der Waals surface area contributed by atoms with E-state index in [0.29, 0.717) is 0 Å². The molecule has 88 valence electrons. The Kier molecular flexibility index (Phi) is 3.38. The van der Waals surface area contributed by atoms with Gasteiger partial charge in [-0.05, 0) is 37.6 Å². The molecule has 0 spiro atoms. The minimum Gasteiger partial charge on any atom is -0.497 e. The number of hydrogen-bond acceptors (Lipinski definition) is 3. The van der Waals surface area contributed by atoms with Crippen LogP contribution in [0.5, 0.6) is 5.75 Å². The van der Waals surface area contributed by atoms with Crippen LogP contribution in [0.1, 0.15) is 18.3 Å². The number of hydrogen-bond donors (Lipinski definition) is 0.